The van der Waals surface area contributed by atoms with Crippen molar-refractivity contribution in [3.63, 3.8) is 0 Å². The molecule has 0 bridgehead atoms. The van der Waals surface area contributed by atoms with Gasteiger partial charge in [0, 0.05) is 26.1 Å². The molecular weight excluding hydrogens is 300 g/mol. The van der Waals surface area contributed by atoms with Crippen molar-refractivity contribution in [2.45, 2.75) is 45.2 Å². The first-order valence-corrected chi connectivity index (χ1v) is 8.70. The Hall–Kier alpha value is -2.37. The molecule has 1 aliphatic rings. The highest BCUT2D eigenvalue weighted by molar-refractivity contribution is 5.79. The SMILES string of the molecule is CCc1ccc(CCNC(=NC)NC2CCc3ncnn3C2)cc1. The molecule has 128 valence electrons. The number of nitrogens with one attached hydrogen (secondary N) is 2. The van der Waals surface area contributed by atoms with E-state index >= 15 is 0 Å². The first-order chi connectivity index (χ1) is 11.8. The zero-order valence-corrected chi connectivity index (χ0v) is 14.5. The van der Waals surface area contributed by atoms with Crippen molar-refractivity contribution in [2.24, 2.45) is 4.99 Å². The Kier molecular flexibility index (Phi) is 5.46. The summed E-state index contributed by atoms with van der Waals surface area (Å²) in [6, 6.07) is 9.18. The number of benzene rings is 1. The molecule has 0 saturated heterocycles. The minimum Gasteiger partial charge on any atom is -0.356 e. The molecule has 0 radical (unpaired) electrons. The van der Waals surface area contributed by atoms with Crippen LogP contribution in [0.4, 0.5) is 0 Å². The summed E-state index contributed by atoms with van der Waals surface area (Å²) in [7, 11) is 1.81. The van der Waals surface area contributed by atoms with Crippen molar-refractivity contribution in [3.05, 3.63) is 47.5 Å². The van der Waals surface area contributed by atoms with Gasteiger partial charge in [-0.25, -0.2) is 9.67 Å². The van der Waals surface area contributed by atoms with Gasteiger partial charge >= 0.3 is 0 Å². The van der Waals surface area contributed by atoms with E-state index in [9.17, 15) is 0 Å². The summed E-state index contributed by atoms with van der Waals surface area (Å²) in [4.78, 5) is 8.60. The van der Waals surface area contributed by atoms with E-state index in [1.54, 1.807) is 6.33 Å². The van der Waals surface area contributed by atoms with E-state index < -0.39 is 0 Å². The van der Waals surface area contributed by atoms with E-state index in [0.29, 0.717) is 6.04 Å². The van der Waals surface area contributed by atoms with Gasteiger partial charge in [0.05, 0.1) is 6.54 Å². The van der Waals surface area contributed by atoms with Crippen LogP contribution >= 0.6 is 0 Å². The Morgan fingerprint density at radius 2 is 2.08 bits per heavy atom. The van der Waals surface area contributed by atoms with E-state index in [1.165, 1.54) is 11.1 Å². The molecule has 0 amide bonds. The van der Waals surface area contributed by atoms with Gasteiger partial charge < -0.3 is 10.6 Å². The number of aryl methyl sites for hydroxylation is 2. The summed E-state index contributed by atoms with van der Waals surface area (Å²) in [6.07, 6.45) is 5.72. The van der Waals surface area contributed by atoms with E-state index in [-0.39, 0.29) is 0 Å². The minimum atomic E-state index is 0.342. The predicted octanol–water partition coefficient (Wildman–Crippen LogP) is 1.56. The Morgan fingerprint density at radius 1 is 1.29 bits per heavy atom. The largest absolute Gasteiger partial charge is 0.356 e. The summed E-state index contributed by atoms with van der Waals surface area (Å²) in [5, 5.41) is 11.2. The number of aliphatic imine (C=N–C) groups is 1. The third-order valence-corrected chi connectivity index (χ3v) is 4.51. The van der Waals surface area contributed by atoms with Crippen molar-refractivity contribution in [2.75, 3.05) is 13.6 Å². The molecule has 2 aromatic rings. The topological polar surface area (TPSA) is 67.1 Å². The van der Waals surface area contributed by atoms with Crippen LogP contribution in [0.15, 0.2) is 35.6 Å². The molecule has 1 aromatic carbocycles. The van der Waals surface area contributed by atoms with Crippen molar-refractivity contribution in [3.8, 4) is 0 Å². The van der Waals surface area contributed by atoms with Gasteiger partial charge in [0.25, 0.3) is 0 Å². The van der Waals surface area contributed by atoms with Gasteiger partial charge in [0.15, 0.2) is 5.96 Å². The van der Waals surface area contributed by atoms with Gasteiger partial charge in [0.1, 0.15) is 12.2 Å². The lowest BCUT2D eigenvalue weighted by molar-refractivity contribution is 0.393. The normalized spacial score (nSPS) is 17.4. The van der Waals surface area contributed by atoms with Crippen molar-refractivity contribution in [1.82, 2.24) is 25.4 Å². The Bertz CT molecular complexity index is 673. The second-order valence-electron chi connectivity index (χ2n) is 6.16. The second kappa shape index (κ2) is 7.95. The van der Waals surface area contributed by atoms with Gasteiger partial charge in [-0.15, -0.1) is 0 Å². The fourth-order valence-corrected chi connectivity index (χ4v) is 3.01. The average Bonchev–Trinajstić information content (AvgIpc) is 3.09. The maximum absolute atomic E-state index is 4.33. The Balaban J connectivity index is 1.45. The zero-order valence-electron chi connectivity index (χ0n) is 14.5. The quantitative estimate of drug-likeness (QED) is 0.646. The van der Waals surface area contributed by atoms with E-state index in [4.69, 9.17) is 0 Å². The summed E-state index contributed by atoms with van der Waals surface area (Å²) >= 11 is 0. The molecule has 1 aliphatic heterocycles. The number of fused-ring (bicyclic) bond motifs is 1. The standard InChI is InChI=1S/C18H26N6/c1-3-14-4-6-15(7-5-14)10-11-20-18(19-2)23-16-8-9-17-21-13-22-24(17)12-16/h4-7,13,16H,3,8-12H2,1-2H3,(H2,19,20,23). The molecular formula is C18H26N6. The smallest absolute Gasteiger partial charge is 0.191 e. The van der Waals surface area contributed by atoms with Gasteiger partial charge in [0.2, 0.25) is 0 Å². The van der Waals surface area contributed by atoms with Crippen LogP contribution in [0, 0.1) is 0 Å². The third kappa shape index (κ3) is 4.13. The van der Waals surface area contributed by atoms with E-state index in [1.807, 2.05) is 11.7 Å². The molecule has 1 unspecified atom stereocenters. The molecule has 0 spiro atoms. The second-order valence-corrected chi connectivity index (χ2v) is 6.16. The van der Waals surface area contributed by atoms with E-state index in [0.717, 1.165) is 50.6 Å². The average molecular weight is 326 g/mol. The zero-order chi connectivity index (χ0) is 16.8. The van der Waals surface area contributed by atoms with E-state index in [2.05, 4.69) is 56.9 Å². The number of aromatic nitrogens is 3. The highest BCUT2D eigenvalue weighted by Crippen LogP contribution is 2.11. The fourth-order valence-electron chi connectivity index (χ4n) is 3.01. The summed E-state index contributed by atoms with van der Waals surface area (Å²) in [5.74, 6) is 1.93. The number of hydrogen-bond acceptors (Lipinski definition) is 3. The molecule has 0 saturated carbocycles. The van der Waals surface area contributed by atoms with Crippen molar-refractivity contribution >= 4 is 5.96 Å². The van der Waals surface area contributed by atoms with Crippen LogP contribution < -0.4 is 10.6 Å². The van der Waals surface area contributed by atoms with Crippen molar-refractivity contribution in [1.29, 1.82) is 0 Å². The first kappa shape index (κ1) is 16.5. The summed E-state index contributed by atoms with van der Waals surface area (Å²) in [6.45, 7) is 3.89. The maximum atomic E-state index is 4.33. The molecule has 1 atom stereocenters. The highest BCUT2D eigenvalue weighted by Gasteiger charge is 2.20. The summed E-state index contributed by atoms with van der Waals surface area (Å²) in [5.41, 5.74) is 2.73. The Morgan fingerprint density at radius 3 is 2.83 bits per heavy atom. The van der Waals surface area contributed by atoms with Gasteiger partial charge in [-0.2, -0.15) is 5.10 Å². The molecule has 2 heterocycles. The van der Waals surface area contributed by atoms with Gasteiger partial charge in [-0.3, -0.25) is 4.99 Å². The van der Waals surface area contributed by atoms with Crippen LogP contribution in [0.1, 0.15) is 30.3 Å². The first-order valence-electron chi connectivity index (χ1n) is 8.70. The highest BCUT2D eigenvalue weighted by atomic mass is 15.4. The molecule has 6 heteroatoms. The molecule has 6 nitrogen and oxygen atoms in total. The molecule has 1 aromatic heterocycles. The van der Waals surface area contributed by atoms with Crippen molar-refractivity contribution < 1.29 is 0 Å². The van der Waals surface area contributed by atoms with Gasteiger partial charge in [-0.1, -0.05) is 31.2 Å². The van der Waals surface area contributed by atoms with Crippen LogP contribution in [-0.4, -0.2) is 40.4 Å². The van der Waals surface area contributed by atoms with Crippen LogP contribution in [0.2, 0.25) is 0 Å². The van der Waals surface area contributed by atoms with Crippen LogP contribution in [0.5, 0.6) is 0 Å². The maximum Gasteiger partial charge on any atom is 0.191 e. The molecule has 3 rings (SSSR count). The monoisotopic (exact) mass is 326 g/mol. The molecule has 0 fully saturated rings. The van der Waals surface area contributed by atoms with Crippen LogP contribution in [0.25, 0.3) is 0 Å². The molecule has 24 heavy (non-hydrogen) atoms. The third-order valence-electron chi connectivity index (χ3n) is 4.51. The molecule has 0 aliphatic carbocycles. The molecule has 2 N–H and O–H groups in total. The summed E-state index contributed by atoms with van der Waals surface area (Å²) < 4.78 is 1.98. The Labute approximate surface area is 143 Å². The lowest BCUT2D eigenvalue weighted by Gasteiger charge is -2.25. The lowest BCUT2D eigenvalue weighted by Crippen LogP contribution is -2.47. The van der Waals surface area contributed by atoms with Crippen LogP contribution in [-0.2, 0) is 25.8 Å². The van der Waals surface area contributed by atoms with Gasteiger partial charge in [-0.05, 0) is 30.4 Å². The predicted molar refractivity (Wildman–Crippen MR) is 96.2 cm³/mol. The van der Waals surface area contributed by atoms with Crippen LogP contribution in [0.3, 0.4) is 0 Å². The lowest BCUT2D eigenvalue weighted by atomic mass is 10.1. The number of hydrogen-bond donors (Lipinski definition) is 2. The number of rotatable bonds is 5. The fraction of sp³-hybridized carbons (Fsp3) is 0.500. The number of nitrogens with zero attached hydrogens (tertiary/aromatic N) is 4. The minimum absolute atomic E-state index is 0.342. The number of guanidine groups is 1.